The first-order valence-electron chi connectivity index (χ1n) is 8.21. The molecule has 132 valence electrons. The van der Waals surface area contributed by atoms with Gasteiger partial charge in [-0.3, -0.25) is 0 Å². The van der Waals surface area contributed by atoms with Gasteiger partial charge in [0.05, 0.1) is 18.4 Å². The predicted octanol–water partition coefficient (Wildman–Crippen LogP) is 3.13. The van der Waals surface area contributed by atoms with E-state index in [1.807, 2.05) is 24.3 Å². The molecule has 2 heterocycles. The van der Waals surface area contributed by atoms with Crippen molar-refractivity contribution in [1.82, 2.24) is 10.2 Å². The smallest absolute Gasteiger partial charge is 0.337 e. The fourth-order valence-electron chi connectivity index (χ4n) is 3.33. The first-order valence-corrected chi connectivity index (χ1v) is 8.59. The third-order valence-corrected chi connectivity index (χ3v) is 5.02. The number of benzene rings is 1. The minimum atomic E-state index is -0.324. The molecular weight excluding hydrogens is 340 g/mol. The van der Waals surface area contributed by atoms with Gasteiger partial charge in [-0.1, -0.05) is 30.7 Å². The van der Waals surface area contributed by atoms with E-state index >= 15 is 0 Å². The number of nitrogens with zero attached hydrogens (tertiary/aromatic N) is 3. The maximum Gasteiger partial charge on any atom is 0.337 e. The molecule has 2 unspecified atom stereocenters. The number of anilines is 2. The number of carbonyl (C=O) groups is 1. The quantitative estimate of drug-likeness (QED) is 0.847. The second-order valence-corrected chi connectivity index (χ2v) is 6.76. The highest BCUT2D eigenvalue weighted by atomic mass is 35.5. The Morgan fingerprint density at radius 2 is 2.04 bits per heavy atom. The van der Waals surface area contributed by atoms with Crippen molar-refractivity contribution in [3.63, 3.8) is 0 Å². The molecule has 0 aliphatic carbocycles. The lowest BCUT2D eigenvalue weighted by Gasteiger charge is -2.39. The summed E-state index contributed by atoms with van der Waals surface area (Å²) in [6.07, 6.45) is 1.03. The number of ether oxygens (including phenoxy) is 1. The van der Waals surface area contributed by atoms with Crippen LogP contribution < -0.4 is 10.6 Å². The summed E-state index contributed by atoms with van der Waals surface area (Å²) in [4.78, 5) is 13.8. The molecule has 3 rings (SSSR count). The van der Waals surface area contributed by atoms with Crippen molar-refractivity contribution < 1.29 is 9.53 Å². The molecule has 2 atom stereocenters. The van der Waals surface area contributed by atoms with E-state index in [0.29, 0.717) is 28.4 Å². The van der Waals surface area contributed by atoms with Gasteiger partial charge in [-0.2, -0.15) is 0 Å². The van der Waals surface area contributed by atoms with Gasteiger partial charge in [-0.15, -0.1) is 10.2 Å². The van der Waals surface area contributed by atoms with Crippen molar-refractivity contribution in [2.24, 2.45) is 5.92 Å². The Morgan fingerprint density at radius 1 is 1.32 bits per heavy atom. The van der Waals surface area contributed by atoms with E-state index in [0.717, 1.165) is 25.2 Å². The fraction of sp³-hybridized carbons (Fsp3) is 0.389. The molecule has 1 aromatic carbocycles. The van der Waals surface area contributed by atoms with Crippen molar-refractivity contribution >= 4 is 29.1 Å². The summed E-state index contributed by atoms with van der Waals surface area (Å²) >= 11 is 5.98. The van der Waals surface area contributed by atoms with E-state index in [-0.39, 0.29) is 5.97 Å². The molecular formula is C18H21ClN4O2. The van der Waals surface area contributed by atoms with Gasteiger partial charge in [-0.05, 0) is 30.0 Å². The maximum atomic E-state index is 11.6. The number of methoxy groups -OCH3 is 1. The van der Waals surface area contributed by atoms with Crippen LogP contribution in [0.1, 0.15) is 35.2 Å². The molecule has 0 amide bonds. The topological polar surface area (TPSA) is 81.3 Å². The minimum Gasteiger partial charge on any atom is -0.465 e. The highest BCUT2D eigenvalue weighted by Crippen LogP contribution is 2.36. The van der Waals surface area contributed by atoms with Crippen LogP contribution in [0.15, 0.2) is 30.3 Å². The second kappa shape index (κ2) is 7.27. The zero-order chi connectivity index (χ0) is 18.0. The van der Waals surface area contributed by atoms with Gasteiger partial charge in [0.25, 0.3) is 0 Å². The van der Waals surface area contributed by atoms with Crippen LogP contribution in [0.3, 0.4) is 0 Å². The lowest BCUT2D eigenvalue weighted by atomic mass is 9.81. The Labute approximate surface area is 151 Å². The number of nitrogens with two attached hydrogens (primary N) is 1. The average Bonchev–Trinajstić information content (AvgIpc) is 2.64. The Morgan fingerprint density at radius 3 is 2.72 bits per heavy atom. The van der Waals surface area contributed by atoms with Crippen molar-refractivity contribution in [1.29, 1.82) is 0 Å². The predicted molar refractivity (Wildman–Crippen MR) is 98.0 cm³/mol. The molecule has 0 radical (unpaired) electrons. The Bertz CT molecular complexity index is 766. The first-order chi connectivity index (χ1) is 12.0. The molecule has 0 saturated carbocycles. The SMILES string of the molecule is COC(=O)c1ccc(C2CN(c3cc(Cl)nnc3N)CCC2C)cc1. The van der Waals surface area contributed by atoms with Gasteiger partial charge in [-0.25, -0.2) is 4.79 Å². The normalized spacial score (nSPS) is 20.4. The van der Waals surface area contributed by atoms with Crippen LogP contribution in [0, 0.1) is 5.92 Å². The van der Waals surface area contributed by atoms with E-state index in [1.165, 1.54) is 12.7 Å². The van der Waals surface area contributed by atoms with E-state index in [4.69, 9.17) is 22.1 Å². The Kier molecular flexibility index (Phi) is 5.08. The Hall–Kier alpha value is -2.34. The summed E-state index contributed by atoms with van der Waals surface area (Å²) < 4.78 is 4.76. The number of hydrogen-bond acceptors (Lipinski definition) is 6. The standard InChI is InChI=1S/C18H21ClN4O2/c1-11-7-8-23(15-9-16(19)21-22-17(15)20)10-14(11)12-3-5-13(6-4-12)18(24)25-2/h3-6,9,11,14H,7-8,10H2,1-2H3,(H2,20,22). The molecule has 1 aliphatic rings. The van der Waals surface area contributed by atoms with Crippen LogP contribution in [0.25, 0.3) is 0 Å². The molecule has 1 aliphatic heterocycles. The summed E-state index contributed by atoms with van der Waals surface area (Å²) in [7, 11) is 1.38. The highest BCUT2D eigenvalue weighted by molar-refractivity contribution is 6.29. The monoisotopic (exact) mass is 360 g/mol. The van der Waals surface area contributed by atoms with Crippen molar-refractivity contribution in [2.75, 3.05) is 30.8 Å². The minimum absolute atomic E-state index is 0.324. The van der Waals surface area contributed by atoms with Crippen LogP contribution >= 0.6 is 11.6 Å². The molecule has 1 saturated heterocycles. The van der Waals surface area contributed by atoms with Crippen LogP contribution in [-0.4, -0.2) is 36.4 Å². The molecule has 0 bridgehead atoms. The summed E-state index contributed by atoms with van der Waals surface area (Å²) in [5.41, 5.74) is 8.55. The van der Waals surface area contributed by atoms with E-state index < -0.39 is 0 Å². The van der Waals surface area contributed by atoms with Gasteiger partial charge in [0.1, 0.15) is 0 Å². The molecule has 1 fully saturated rings. The zero-order valence-corrected chi connectivity index (χ0v) is 15.0. The molecule has 2 N–H and O–H groups in total. The van der Waals surface area contributed by atoms with E-state index in [9.17, 15) is 4.79 Å². The molecule has 0 spiro atoms. The van der Waals surface area contributed by atoms with Gasteiger partial charge in [0.2, 0.25) is 0 Å². The zero-order valence-electron chi connectivity index (χ0n) is 14.3. The maximum absolute atomic E-state index is 11.6. The molecule has 6 nitrogen and oxygen atoms in total. The molecule has 1 aromatic heterocycles. The summed E-state index contributed by atoms with van der Waals surface area (Å²) in [5.74, 6) is 0.910. The number of hydrogen-bond donors (Lipinski definition) is 1. The van der Waals surface area contributed by atoms with Crippen molar-refractivity contribution in [3.05, 3.63) is 46.6 Å². The summed E-state index contributed by atoms with van der Waals surface area (Å²) in [5, 5.41) is 8.03. The number of piperidine rings is 1. The number of rotatable bonds is 3. The van der Waals surface area contributed by atoms with Crippen LogP contribution in [0.4, 0.5) is 11.5 Å². The number of halogens is 1. The average molecular weight is 361 g/mol. The fourth-order valence-corrected chi connectivity index (χ4v) is 3.47. The van der Waals surface area contributed by atoms with Crippen LogP contribution in [0.2, 0.25) is 5.15 Å². The van der Waals surface area contributed by atoms with Gasteiger partial charge < -0.3 is 15.4 Å². The van der Waals surface area contributed by atoms with E-state index in [2.05, 4.69) is 22.0 Å². The largest absolute Gasteiger partial charge is 0.465 e. The second-order valence-electron chi connectivity index (χ2n) is 6.37. The number of esters is 1. The van der Waals surface area contributed by atoms with Gasteiger partial charge in [0, 0.05) is 25.1 Å². The first kappa shape index (κ1) is 17.5. The van der Waals surface area contributed by atoms with Crippen molar-refractivity contribution in [2.45, 2.75) is 19.3 Å². The van der Waals surface area contributed by atoms with E-state index in [1.54, 1.807) is 6.07 Å². The van der Waals surface area contributed by atoms with Crippen LogP contribution in [0.5, 0.6) is 0 Å². The lowest BCUT2D eigenvalue weighted by molar-refractivity contribution is 0.0600. The highest BCUT2D eigenvalue weighted by Gasteiger charge is 2.29. The number of carbonyl (C=O) groups excluding carboxylic acids is 1. The molecule has 25 heavy (non-hydrogen) atoms. The number of nitrogen functional groups attached to an aromatic ring is 1. The third-order valence-electron chi connectivity index (χ3n) is 4.83. The molecule has 2 aromatic rings. The third kappa shape index (κ3) is 3.69. The lowest BCUT2D eigenvalue weighted by Crippen LogP contribution is -2.39. The summed E-state index contributed by atoms with van der Waals surface area (Å²) in [6, 6.07) is 9.38. The summed E-state index contributed by atoms with van der Waals surface area (Å²) in [6.45, 7) is 3.95. The van der Waals surface area contributed by atoms with Crippen molar-refractivity contribution in [3.8, 4) is 0 Å². The Balaban J connectivity index is 1.83. The van der Waals surface area contributed by atoms with Crippen LogP contribution in [-0.2, 0) is 4.74 Å². The number of aromatic nitrogens is 2. The molecule has 7 heteroatoms. The van der Waals surface area contributed by atoms with Gasteiger partial charge >= 0.3 is 5.97 Å². The van der Waals surface area contributed by atoms with Gasteiger partial charge in [0.15, 0.2) is 11.0 Å².